The molecule has 3 N–H and O–H groups in total. The van der Waals surface area contributed by atoms with Crippen LogP contribution in [0.4, 0.5) is 4.39 Å². The first-order valence-corrected chi connectivity index (χ1v) is 7.42. The van der Waals surface area contributed by atoms with Crippen molar-refractivity contribution >= 4 is 0 Å². The highest BCUT2D eigenvalue weighted by Gasteiger charge is 2.49. The summed E-state index contributed by atoms with van der Waals surface area (Å²) in [5.41, 5.74) is 7.49. The van der Waals surface area contributed by atoms with Crippen molar-refractivity contribution in [2.75, 3.05) is 6.54 Å². The number of β-amino-alcohol motifs (C(OH)–C–C–N with tert-alkyl or cyclic N) is 1. The van der Waals surface area contributed by atoms with Gasteiger partial charge >= 0.3 is 0 Å². The number of allylic oxidation sites excluding steroid dienone is 3. The van der Waals surface area contributed by atoms with Crippen molar-refractivity contribution in [2.45, 2.75) is 44.9 Å². The molecule has 1 fully saturated rings. The molecule has 0 aromatic rings. The van der Waals surface area contributed by atoms with Gasteiger partial charge in [-0.3, -0.25) is 5.01 Å². The molecule has 0 aromatic carbocycles. The Kier molecular flexibility index (Phi) is 3.29. The predicted molar refractivity (Wildman–Crippen MR) is 75.7 cm³/mol. The van der Waals surface area contributed by atoms with Gasteiger partial charge in [0.25, 0.3) is 0 Å². The van der Waals surface area contributed by atoms with Crippen molar-refractivity contribution in [2.24, 2.45) is 17.8 Å². The van der Waals surface area contributed by atoms with Gasteiger partial charge in [0.2, 0.25) is 0 Å². The Morgan fingerprint density at radius 1 is 1.50 bits per heavy atom. The molecule has 0 aromatic heterocycles. The molecule has 3 aliphatic rings. The normalized spacial score (nSPS) is 34.0. The standard InChI is InChI=1S/C15H24FN3O/c1-4-9-7-11-14(12(13(9)16)10-5-6-10)19(18-17-11)8-15(2,3)20/h4,9-10,12-13,17-18,20H,1,5-8H2,2-3H3. The van der Waals surface area contributed by atoms with Crippen molar-refractivity contribution < 1.29 is 9.50 Å². The molecule has 0 spiro atoms. The van der Waals surface area contributed by atoms with E-state index in [-0.39, 0.29) is 11.8 Å². The second kappa shape index (κ2) is 4.74. The molecule has 3 rings (SSSR count). The molecule has 112 valence electrons. The molecule has 1 aliphatic heterocycles. The molecule has 3 atom stereocenters. The number of nitrogens with zero attached hydrogens (tertiary/aromatic N) is 1. The Hall–Kier alpha value is -1.07. The van der Waals surface area contributed by atoms with Gasteiger partial charge in [0, 0.05) is 17.5 Å². The summed E-state index contributed by atoms with van der Waals surface area (Å²) < 4.78 is 14.8. The van der Waals surface area contributed by atoms with E-state index in [9.17, 15) is 9.50 Å². The number of rotatable bonds is 4. The third-order valence-electron chi connectivity index (χ3n) is 4.43. The van der Waals surface area contributed by atoms with Crippen molar-refractivity contribution in [3.8, 4) is 0 Å². The summed E-state index contributed by atoms with van der Waals surface area (Å²) in [6.07, 6.45) is 3.72. The molecule has 20 heavy (non-hydrogen) atoms. The van der Waals surface area contributed by atoms with Crippen molar-refractivity contribution in [3.05, 3.63) is 24.0 Å². The zero-order valence-corrected chi connectivity index (χ0v) is 12.2. The number of nitrogens with one attached hydrogen (secondary N) is 2. The van der Waals surface area contributed by atoms with Crippen LogP contribution in [0.3, 0.4) is 0 Å². The Bertz CT molecular complexity index is 439. The largest absolute Gasteiger partial charge is 0.389 e. The van der Waals surface area contributed by atoms with Crippen LogP contribution in [-0.4, -0.2) is 28.4 Å². The van der Waals surface area contributed by atoms with Gasteiger partial charge in [-0.25, -0.2) is 4.39 Å². The minimum absolute atomic E-state index is 0.0772. The molecule has 2 aliphatic carbocycles. The van der Waals surface area contributed by atoms with Gasteiger partial charge in [-0.05, 0) is 39.0 Å². The van der Waals surface area contributed by atoms with Crippen LogP contribution in [0.15, 0.2) is 24.0 Å². The highest BCUT2D eigenvalue weighted by Crippen LogP contribution is 2.50. The number of hydrogen-bond acceptors (Lipinski definition) is 4. The SMILES string of the molecule is C=CC1CC2=C(C(C3CC3)C1F)N(CC(C)(C)O)NN2. The molecular weight excluding hydrogens is 257 g/mol. The van der Waals surface area contributed by atoms with Crippen LogP contribution < -0.4 is 11.0 Å². The first-order chi connectivity index (χ1) is 9.40. The lowest BCUT2D eigenvalue weighted by atomic mass is 9.78. The Morgan fingerprint density at radius 2 is 2.20 bits per heavy atom. The summed E-state index contributed by atoms with van der Waals surface area (Å²) in [5.74, 6) is 0.242. The highest BCUT2D eigenvalue weighted by molar-refractivity contribution is 5.27. The van der Waals surface area contributed by atoms with Crippen LogP contribution in [-0.2, 0) is 0 Å². The maximum Gasteiger partial charge on any atom is 0.115 e. The topological polar surface area (TPSA) is 47.5 Å². The average Bonchev–Trinajstić information content (AvgIpc) is 3.11. The third kappa shape index (κ3) is 2.44. The van der Waals surface area contributed by atoms with E-state index in [4.69, 9.17) is 0 Å². The predicted octanol–water partition coefficient (Wildman–Crippen LogP) is 1.86. The van der Waals surface area contributed by atoms with Gasteiger partial charge in [-0.15, -0.1) is 12.1 Å². The fourth-order valence-corrected chi connectivity index (χ4v) is 3.39. The monoisotopic (exact) mass is 281 g/mol. The Balaban J connectivity index is 1.89. The number of hydrogen-bond donors (Lipinski definition) is 3. The third-order valence-corrected chi connectivity index (χ3v) is 4.43. The van der Waals surface area contributed by atoms with E-state index >= 15 is 0 Å². The summed E-state index contributed by atoms with van der Waals surface area (Å²) in [6.45, 7) is 7.75. The molecule has 0 bridgehead atoms. The molecule has 0 amide bonds. The highest BCUT2D eigenvalue weighted by atomic mass is 19.1. The summed E-state index contributed by atoms with van der Waals surface area (Å²) in [6, 6.07) is 0. The first-order valence-electron chi connectivity index (χ1n) is 7.42. The molecular formula is C15H24FN3O. The molecule has 0 saturated heterocycles. The minimum atomic E-state index is -0.871. The Morgan fingerprint density at radius 3 is 2.75 bits per heavy atom. The van der Waals surface area contributed by atoms with Crippen LogP contribution in [0.25, 0.3) is 0 Å². The minimum Gasteiger partial charge on any atom is -0.389 e. The number of halogens is 1. The van der Waals surface area contributed by atoms with Crippen molar-refractivity contribution in [1.29, 1.82) is 0 Å². The summed E-state index contributed by atoms with van der Waals surface area (Å²) in [4.78, 5) is 0. The summed E-state index contributed by atoms with van der Waals surface area (Å²) in [5, 5.41) is 11.9. The van der Waals surface area contributed by atoms with Crippen LogP contribution in [0.2, 0.25) is 0 Å². The van der Waals surface area contributed by atoms with Gasteiger partial charge in [0.15, 0.2) is 0 Å². The smallest absolute Gasteiger partial charge is 0.115 e. The van der Waals surface area contributed by atoms with Gasteiger partial charge < -0.3 is 10.5 Å². The van der Waals surface area contributed by atoms with Crippen molar-refractivity contribution in [1.82, 2.24) is 16.0 Å². The molecule has 1 heterocycles. The van der Waals surface area contributed by atoms with E-state index in [1.807, 2.05) is 5.01 Å². The molecule has 3 unspecified atom stereocenters. The van der Waals surface area contributed by atoms with Crippen LogP contribution >= 0.6 is 0 Å². The van der Waals surface area contributed by atoms with Crippen LogP contribution in [0, 0.1) is 17.8 Å². The molecule has 4 nitrogen and oxygen atoms in total. The lowest BCUT2D eigenvalue weighted by Crippen LogP contribution is -2.47. The zero-order valence-electron chi connectivity index (χ0n) is 12.2. The lowest BCUT2D eigenvalue weighted by Gasteiger charge is -2.37. The average molecular weight is 281 g/mol. The second-order valence-electron chi connectivity index (χ2n) is 6.91. The molecule has 5 heteroatoms. The van der Waals surface area contributed by atoms with E-state index < -0.39 is 11.8 Å². The quantitative estimate of drug-likeness (QED) is 0.689. The zero-order chi connectivity index (χ0) is 14.5. The van der Waals surface area contributed by atoms with E-state index in [1.54, 1.807) is 19.9 Å². The fraction of sp³-hybridized carbons (Fsp3) is 0.733. The summed E-state index contributed by atoms with van der Waals surface area (Å²) in [7, 11) is 0. The van der Waals surface area contributed by atoms with E-state index in [0.29, 0.717) is 18.9 Å². The van der Waals surface area contributed by atoms with Crippen molar-refractivity contribution in [3.63, 3.8) is 0 Å². The van der Waals surface area contributed by atoms with Gasteiger partial charge in [-0.2, -0.15) is 0 Å². The van der Waals surface area contributed by atoms with Crippen LogP contribution in [0.5, 0.6) is 0 Å². The fourth-order valence-electron chi connectivity index (χ4n) is 3.39. The van der Waals surface area contributed by atoms with Gasteiger partial charge in [-0.1, -0.05) is 6.08 Å². The van der Waals surface area contributed by atoms with Crippen LogP contribution in [0.1, 0.15) is 33.1 Å². The van der Waals surface area contributed by atoms with Gasteiger partial charge in [0.1, 0.15) is 6.17 Å². The lowest BCUT2D eigenvalue weighted by molar-refractivity contribution is 0.0226. The maximum atomic E-state index is 14.8. The Labute approximate surface area is 119 Å². The molecule has 0 radical (unpaired) electrons. The second-order valence-corrected chi connectivity index (χ2v) is 6.91. The number of aliphatic hydroxyl groups is 1. The number of alkyl halides is 1. The number of hydrazine groups is 2. The van der Waals surface area contributed by atoms with Gasteiger partial charge in [0.05, 0.1) is 17.8 Å². The van der Waals surface area contributed by atoms with E-state index in [1.165, 1.54) is 0 Å². The maximum absolute atomic E-state index is 14.8. The molecule has 1 saturated carbocycles. The van der Waals surface area contributed by atoms with E-state index in [0.717, 1.165) is 24.2 Å². The van der Waals surface area contributed by atoms with E-state index in [2.05, 4.69) is 17.5 Å². The summed E-state index contributed by atoms with van der Waals surface area (Å²) >= 11 is 0. The first kappa shape index (κ1) is 13.9.